The standard InChI is InChI=1S/C19H20N4O4/c24-18(11-12-20-16-4-1-2-5-17(16)23(26)27)21-14-7-9-15(10-8-14)22-13-3-6-19(22)25/h1-2,4-5,7-10,20H,3,6,11-13H2,(H,21,24). The zero-order valence-corrected chi connectivity index (χ0v) is 14.7. The molecule has 0 aliphatic carbocycles. The lowest BCUT2D eigenvalue weighted by Crippen LogP contribution is -2.23. The summed E-state index contributed by atoms with van der Waals surface area (Å²) in [5.41, 5.74) is 1.83. The molecular weight excluding hydrogens is 348 g/mol. The first kappa shape index (κ1) is 18.4. The SMILES string of the molecule is O=C(CCNc1ccccc1[N+](=O)[O-])Nc1ccc(N2CCCC2=O)cc1. The van der Waals surface area contributed by atoms with Gasteiger partial charge in [0.1, 0.15) is 5.69 Å². The van der Waals surface area contributed by atoms with E-state index in [-0.39, 0.29) is 30.5 Å². The van der Waals surface area contributed by atoms with E-state index in [9.17, 15) is 19.7 Å². The first-order chi connectivity index (χ1) is 13.0. The van der Waals surface area contributed by atoms with Crippen LogP contribution in [0.2, 0.25) is 0 Å². The highest BCUT2D eigenvalue weighted by Gasteiger charge is 2.21. The maximum absolute atomic E-state index is 12.1. The largest absolute Gasteiger partial charge is 0.379 e. The molecule has 2 amide bonds. The number of carbonyl (C=O) groups is 2. The van der Waals surface area contributed by atoms with Crippen LogP contribution in [0.25, 0.3) is 0 Å². The van der Waals surface area contributed by atoms with E-state index < -0.39 is 4.92 Å². The van der Waals surface area contributed by atoms with Gasteiger partial charge in [0.25, 0.3) is 5.69 Å². The molecule has 0 unspecified atom stereocenters. The van der Waals surface area contributed by atoms with Crippen molar-refractivity contribution in [2.45, 2.75) is 19.3 Å². The van der Waals surface area contributed by atoms with Crippen LogP contribution in [0.5, 0.6) is 0 Å². The summed E-state index contributed by atoms with van der Waals surface area (Å²) in [4.78, 5) is 36.1. The van der Waals surface area contributed by atoms with Crippen LogP contribution in [0.1, 0.15) is 19.3 Å². The van der Waals surface area contributed by atoms with Crippen molar-refractivity contribution in [3.63, 3.8) is 0 Å². The van der Waals surface area contributed by atoms with Crippen LogP contribution in [0.3, 0.4) is 0 Å². The molecule has 27 heavy (non-hydrogen) atoms. The molecule has 1 aliphatic heterocycles. The van der Waals surface area contributed by atoms with Gasteiger partial charge in [-0.2, -0.15) is 0 Å². The van der Waals surface area contributed by atoms with Crippen molar-refractivity contribution in [3.8, 4) is 0 Å². The Balaban J connectivity index is 1.50. The lowest BCUT2D eigenvalue weighted by Gasteiger charge is -2.16. The second-order valence-electron chi connectivity index (χ2n) is 6.20. The van der Waals surface area contributed by atoms with Gasteiger partial charge in [-0.3, -0.25) is 19.7 Å². The molecule has 2 N–H and O–H groups in total. The Kier molecular flexibility index (Phi) is 5.65. The van der Waals surface area contributed by atoms with E-state index in [4.69, 9.17) is 0 Å². The van der Waals surface area contributed by atoms with Gasteiger partial charge in [-0.1, -0.05) is 12.1 Å². The number of nitro groups is 1. The third kappa shape index (κ3) is 4.60. The van der Waals surface area contributed by atoms with E-state index in [1.54, 1.807) is 35.2 Å². The number of hydrogen-bond acceptors (Lipinski definition) is 5. The van der Waals surface area contributed by atoms with Crippen molar-refractivity contribution in [1.29, 1.82) is 0 Å². The van der Waals surface area contributed by atoms with Gasteiger partial charge in [-0.05, 0) is 36.8 Å². The van der Waals surface area contributed by atoms with Gasteiger partial charge in [-0.15, -0.1) is 0 Å². The molecule has 0 aromatic heterocycles. The lowest BCUT2D eigenvalue weighted by molar-refractivity contribution is -0.384. The van der Waals surface area contributed by atoms with Gasteiger partial charge in [0, 0.05) is 43.4 Å². The maximum atomic E-state index is 12.1. The maximum Gasteiger partial charge on any atom is 0.292 e. The summed E-state index contributed by atoms with van der Waals surface area (Å²) in [6, 6.07) is 13.4. The molecule has 8 heteroatoms. The summed E-state index contributed by atoms with van der Waals surface area (Å²) in [7, 11) is 0. The minimum Gasteiger partial charge on any atom is -0.379 e. The van der Waals surface area contributed by atoms with Gasteiger partial charge >= 0.3 is 0 Å². The van der Waals surface area contributed by atoms with E-state index in [0.717, 1.165) is 18.7 Å². The summed E-state index contributed by atoms with van der Waals surface area (Å²) < 4.78 is 0. The smallest absolute Gasteiger partial charge is 0.292 e. The van der Waals surface area contributed by atoms with Crippen LogP contribution in [-0.4, -0.2) is 29.8 Å². The Morgan fingerprint density at radius 3 is 2.56 bits per heavy atom. The van der Waals surface area contributed by atoms with Crippen molar-refractivity contribution in [3.05, 3.63) is 58.6 Å². The number of carbonyl (C=O) groups excluding carboxylic acids is 2. The Bertz CT molecular complexity index is 851. The molecule has 0 radical (unpaired) electrons. The van der Waals surface area contributed by atoms with E-state index in [0.29, 0.717) is 17.8 Å². The highest BCUT2D eigenvalue weighted by Crippen LogP contribution is 2.24. The number of nitro benzene ring substituents is 1. The number of hydrogen-bond donors (Lipinski definition) is 2. The molecule has 0 saturated carbocycles. The Hall–Kier alpha value is -3.42. The van der Waals surface area contributed by atoms with Crippen molar-refractivity contribution in [2.75, 3.05) is 28.6 Å². The molecule has 1 fully saturated rings. The molecule has 3 rings (SSSR count). The molecular formula is C19H20N4O4. The van der Waals surface area contributed by atoms with Crippen LogP contribution < -0.4 is 15.5 Å². The van der Waals surface area contributed by atoms with Gasteiger partial charge in [0.2, 0.25) is 11.8 Å². The first-order valence-electron chi connectivity index (χ1n) is 8.72. The van der Waals surface area contributed by atoms with E-state index in [2.05, 4.69) is 10.6 Å². The van der Waals surface area contributed by atoms with Gasteiger partial charge in [0.15, 0.2) is 0 Å². The highest BCUT2D eigenvalue weighted by atomic mass is 16.6. The molecule has 0 bridgehead atoms. The molecule has 0 atom stereocenters. The monoisotopic (exact) mass is 368 g/mol. The predicted molar refractivity (Wildman–Crippen MR) is 103 cm³/mol. The molecule has 8 nitrogen and oxygen atoms in total. The number of nitrogens with zero attached hydrogens (tertiary/aromatic N) is 2. The lowest BCUT2D eigenvalue weighted by atomic mass is 10.2. The third-order valence-corrected chi connectivity index (χ3v) is 4.30. The first-order valence-corrected chi connectivity index (χ1v) is 8.72. The minimum atomic E-state index is -0.463. The third-order valence-electron chi connectivity index (χ3n) is 4.30. The zero-order chi connectivity index (χ0) is 19.2. The molecule has 2 aromatic carbocycles. The average Bonchev–Trinajstić information content (AvgIpc) is 3.08. The van der Waals surface area contributed by atoms with Gasteiger partial charge in [-0.25, -0.2) is 0 Å². The van der Waals surface area contributed by atoms with Crippen molar-refractivity contribution in [1.82, 2.24) is 0 Å². The Labute approximate surface area is 156 Å². The second kappa shape index (κ2) is 8.31. The number of rotatable bonds is 7. The number of anilines is 3. The molecule has 140 valence electrons. The van der Waals surface area contributed by atoms with Crippen LogP contribution in [0.15, 0.2) is 48.5 Å². The van der Waals surface area contributed by atoms with Crippen molar-refractivity contribution < 1.29 is 14.5 Å². The number of benzene rings is 2. The molecule has 2 aromatic rings. The Morgan fingerprint density at radius 2 is 1.89 bits per heavy atom. The minimum absolute atomic E-state index is 0.0232. The summed E-state index contributed by atoms with van der Waals surface area (Å²) in [6.45, 7) is 0.999. The molecule has 1 aliphatic rings. The zero-order valence-electron chi connectivity index (χ0n) is 14.7. The Morgan fingerprint density at radius 1 is 1.15 bits per heavy atom. The van der Waals surface area contributed by atoms with Gasteiger partial charge < -0.3 is 15.5 Å². The van der Waals surface area contributed by atoms with Crippen LogP contribution in [0.4, 0.5) is 22.7 Å². The quantitative estimate of drug-likeness (QED) is 0.577. The fraction of sp³-hybridized carbons (Fsp3) is 0.263. The van der Waals surface area contributed by atoms with Crippen molar-refractivity contribution >= 4 is 34.6 Å². The van der Waals surface area contributed by atoms with Crippen LogP contribution in [-0.2, 0) is 9.59 Å². The van der Waals surface area contributed by atoms with Gasteiger partial charge in [0.05, 0.1) is 4.92 Å². The van der Waals surface area contributed by atoms with Crippen molar-refractivity contribution in [2.24, 2.45) is 0 Å². The molecule has 1 saturated heterocycles. The topological polar surface area (TPSA) is 105 Å². The van der Waals surface area contributed by atoms with E-state index >= 15 is 0 Å². The normalized spacial score (nSPS) is 13.5. The summed E-state index contributed by atoms with van der Waals surface area (Å²) in [5, 5.41) is 16.7. The summed E-state index contributed by atoms with van der Waals surface area (Å²) in [5.74, 6) is -0.0843. The fourth-order valence-corrected chi connectivity index (χ4v) is 2.96. The number of para-hydroxylation sites is 2. The number of amides is 2. The summed E-state index contributed by atoms with van der Waals surface area (Å²) >= 11 is 0. The van der Waals surface area contributed by atoms with E-state index in [1.165, 1.54) is 6.07 Å². The fourth-order valence-electron chi connectivity index (χ4n) is 2.96. The number of nitrogens with one attached hydrogen (secondary N) is 2. The second-order valence-corrected chi connectivity index (χ2v) is 6.20. The predicted octanol–water partition coefficient (Wildman–Crippen LogP) is 3.16. The summed E-state index contributed by atoms with van der Waals surface area (Å²) in [6.07, 6.45) is 1.60. The van der Waals surface area contributed by atoms with Crippen LogP contribution in [0, 0.1) is 10.1 Å². The average molecular weight is 368 g/mol. The molecule has 1 heterocycles. The van der Waals surface area contributed by atoms with E-state index in [1.807, 2.05) is 12.1 Å². The highest BCUT2D eigenvalue weighted by molar-refractivity contribution is 5.96. The van der Waals surface area contributed by atoms with Crippen LogP contribution >= 0.6 is 0 Å². The molecule has 0 spiro atoms.